The molecule has 0 aliphatic heterocycles. The molecule has 0 bridgehead atoms. The number of benzene rings is 1. The van der Waals surface area contributed by atoms with E-state index < -0.39 is 5.60 Å². The van der Waals surface area contributed by atoms with Crippen LogP contribution in [0.25, 0.3) is 0 Å². The minimum absolute atomic E-state index is 0.214. The SMILES string of the molecule is CC(C)n1ncc(Br)c1C1(O)CCCCc2ccccc21. The standard InChI is InChI=1S/C17H21BrN2O/c1-12(2)20-16(15(18)11-19-20)17(21)10-6-5-8-13-7-3-4-9-14(13)17/h3-4,7,9,11-12,21H,5-6,8,10H2,1-2H3. The predicted octanol–water partition coefficient (Wildman–Crippen LogP) is 4.19. The molecule has 0 radical (unpaired) electrons. The Labute approximate surface area is 134 Å². The molecule has 1 aliphatic carbocycles. The molecule has 1 atom stereocenters. The number of hydrogen-bond donors (Lipinski definition) is 1. The lowest BCUT2D eigenvalue weighted by Crippen LogP contribution is -2.32. The molecular weight excluding hydrogens is 328 g/mol. The number of aromatic nitrogens is 2. The van der Waals surface area contributed by atoms with Crippen LogP contribution in [0.15, 0.2) is 34.9 Å². The Morgan fingerprint density at radius 2 is 2.05 bits per heavy atom. The highest BCUT2D eigenvalue weighted by molar-refractivity contribution is 9.10. The highest BCUT2D eigenvalue weighted by Gasteiger charge is 2.39. The van der Waals surface area contributed by atoms with Crippen molar-refractivity contribution in [2.75, 3.05) is 0 Å². The predicted molar refractivity (Wildman–Crippen MR) is 87.3 cm³/mol. The molecule has 3 nitrogen and oxygen atoms in total. The Hall–Kier alpha value is -1.13. The molecule has 1 heterocycles. The van der Waals surface area contributed by atoms with E-state index in [1.165, 1.54) is 5.56 Å². The smallest absolute Gasteiger partial charge is 0.133 e. The Balaban J connectivity index is 2.23. The monoisotopic (exact) mass is 348 g/mol. The van der Waals surface area contributed by atoms with E-state index in [2.05, 4.69) is 53.1 Å². The molecule has 1 aromatic carbocycles. The lowest BCUT2D eigenvalue weighted by atomic mass is 9.85. The number of fused-ring (bicyclic) bond motifs is 1. The van der Waals surface area contributed by atoms with Gasteiger partial charge >= 0.3 is 0 Å². The molecule has 3 rings (SSSR count). The van der Waals surface area contributed by atoms with Crippen LogP contribution in [-0.2, 0) is 12.0 Å². The van der Waals surface area contributed by atoms with Gasteiger partial charge in [0.05, 0.1) is 16.4 Å². The Morgan fingerprint density at radius 3 is 2.81 bits per heavy atom. The van der Waals surface area contributed by atoms with Gasteiger partial charge in [-0.3, -0.25) is 4.68 Å². The first kappa shape index (κ1) is 14.8. The van der Waals surface area contributed by atoms with Crippen LogP contribution in [0.4, 0.5) is 0 Å². The summed E-state index contributed by atoms with van der Waals surface area (Å²) >= 11 is 3.59. The van der Waals surface area contributed by atoms with Crippen molar-refractivity contribution in [1.29, 1.82) is 0 Å². The normalized spacial score (nSPS) is 22.1. The summed E-state index contributed by atoms with van der Waals surface area (Å²) in [4.78, 5) is 0. The van der Waals surface area contributed by atoms with Crippen molar-refractivity contribution in [2.24, 2.45) is 0 Å². The van der Waals surface area contributed by atoms with Gasteiger partial charge in [-0.2, -0.15) is 5.10 Å². The van der Waals surface area contributed by atoms with Crippen LogP contribution in [-0.4, -0.2) is 14.9 Å². The topological polar surface area (TPSA) is 38.0 Å². The molecule has 4 heteroatoms. The number of halogens is 1. The van der Waals surface area contributed by atoms with E-state index in [0.717, 1.165) is 41.4 Å². The van der Waals surface area contributed by atoms with Gasteiger partial charge in [0, 0.05) is 6.04 Å². The molecule has 0 spiro atoms. The van der Waals surface area contributed by atoms with E-state index in [1.807, 2.05) is 10.7 Å². The molecule has 1 N–H and O–H groups in total. The zero-order valence-electron chi connectivity index (χ0n) is 12.5. The molecule has 0 saturated carbocycles. The summed E-state index contributed by atoms with van der Waals surface area (Å²) in [5, 5.41) is 16.0. The number of aryl methyl sites for hydroxylation is 1. The minimum atomic E-state index is -0.966. The van der Waals surface area contributed by atoms with Crippen molar-refractivity contribution in [1.82, 2.24) is 9.78 Å². The largest absolute Gasteiger partial charge is 0.379 e. The summed E-state index contributed by atoms with van der Waals surface area (Å²) in [5.74, 6) is 0. The van der Waals surface area contributed by atoms with Crippen LogP contribution in [0.1, 0.15) is 56.0 Å². The summed E-state index contributed by atoms with van der Waals surface area (Å²) in [7, 11) is 0. The van der Waals surface area contributed by atoms with Gasteiger partial charge in [-0.25, -0.2) is 0 Å². The van der Waals surface area contributed by atoms with E-state index in [4.69, 9.17) is 0 Å². The lowest BCUT2D eigenvalue weighted by molar-refractivity contribution is 0.0586. The van der Waals surface area contributed by atoms with E-state index in [-0.39, 0.29) is 6.04 Å². The van der Waals surface area contributed by atoms with E-state index >= 15 is 0 Å². The molecule has 1 unspecified atom stereocenters. The molecule has 0 fully saturated rings. The van der Waals surface area contributed by atoms with Crippen molar-refractivity contribution < 1.29 is 5.11 Å². The summed E-state index contributed by atoms with van der Waals surface area (Å²) < 4.78 is 2.82. The number of rotatable bonds is 2. The Morgan fingerprint density at radius 1 is 1.29 bits per heavy atom. The fourth-order valence-electron chi connectivity index (χ4n) is 3.34. The first-order valence-corrected chi connectivity index (χ1v) is 8.37. The summed E-state index contributed by atoms with van der Waals surface area (Å²) in [6.45, 7) is 4.18. The quantitative estimate of drug-likeness (QED) is 0.826. The van der Waals surface area contributed by atoms with Gasteiger partial charge in [-0.1, -0.05) is 24.3 Å². The van der Waals surface area contributed by atoms with Crippen LogP contribution >= 0.6 is 15.9 Å². The molecule has 112 valence electrons. The van der Waals surface area contributed by atoms with Crippen molar-refractivity contribution in [2.45, 2.75) is 51.2 Å². The van der Waals surface area contributed by atoms with E-state index in [0.29, 0.717) is 0 Å². The Kier molecular flexibility index (Phi) is 3.93. The lowest BCUT2D eigenvalue weighted by Gasteiger charge is -2.31. The molecule has 0 amide bonds. The van der Waals surface area contributed by atoms with Crippen molar-refractivity contribution in [3.05, 3.63) is 51.8 Å². The summed E-state index contributed by atoms with van der Waals surface area (Å²) in [6.07, 6.45) is 5.70. The maximum absolute atomic E-state index is 11.6. The third-order valence-corrected chi connectivity index (χ3v) is 4.91. The zero-order valence-corrected chi connectivity index (χ0v) is 14.1. The second-order valence-corrected chi connectivity index (χ2v) is 6.96. The van der Waals surface area contributed by atoms with Gasteiger partial charge < -0.3 is 5.11 Å². The second-order valence-electron chi connectivity index (χ2n) is 6.10. The number of nitrogens with zero attached hydrogens (tertiary/aromatic N) is 2. The molecule has 1 aromatic heterocycles. The fraction of sp³-hybridized carbons (Fsp3) is 0.471. The third kappa shape index (κ3) is 2.44. The fourth-order valence-corrected chi connectivity index (χ4v) is 3.94. The first-order valence-electron chi connectivity index (χ1n) is 7.58. The minimum Gasteiger partial charge on any atom is -0.379 e. The maximum atomic E-state index is 11.6. The van der Waals surface area contributed by atoms with E-state index in [1.54, 1.807) is 6.20 Å². The van der Waals surface area contributed by atoms with Crippen LogP contribution in [0, 0.1) is 0 Å². The number of aliphatic hydroxyl groups is 1. The Bertz CT molecular complexity index is 650. The highest BCUT2D eigenvalue weighted by atomic mass is 79.9. The third-order valence-electron chi connectivity index (χ3n) is 4.33. The second kappa shape index (κ2) is 5.58. The molecule has 2 aromatic rings. The van der Waals surface area contributed by atoms with E-state index in [9.17, 15) is 5.11 Å². The molecule has 0 saturated heterocycles. The van der Waals surface area contributed by atoms with Crippen molar-refractivity contribution in [3.63, 3.8) is 0 Å². The van der Waals surface area contributed by atoms with Gasteiger partial charge in [0.25, 0.3) is 0 Å². The summed E-state index contributed by atoms with van der Waals surface area (Å²) in [5.41, 5.74) is 2.20. The van der Waals surface area contributed by atoms with Gasteiger partial charge in [-0.05, 0) is 66.6 Å². The maximum Gasteiger partial charge on any atom is 0.133 e. The van der Waals surface area contributed by atoms with Crippen LogP contribution < -0.4 is 0 Å². The van der Waals surface area contributed by atoms with Gasteiger partial charge in [0.15, 0.2) is 0 Å². The molecule has 1 aliphatic rings. The van der Waals surface area contributed by atoms with Crippen LogP contribution in [0.3, 0.4) is 0 Å². The van der Waals surface area contributed by atoms with Gasteiger partial charge in [-0.15, -0.1) is 0 Å². The highest BCUT2D eigenvalue weighted by Crippen LogP contribution is 2.42. The van der Waals surface area contributed by atoms with Gasteiger partial charge in [0.2, 0.25) is 0 Å². The van der Waals surface area contributed by atoms with Crippen LogP contribution in [0.5, 0.6) is 0 Å². The van der Waals surface area contributed by atoms with Crippen molar-refractivity contribution >= 4 is 15.9 Å². The molecular formula is C17H21BrN2O. The summed E-state index contributed by atoms with van der Waals surface area (Å²) in [6, 6.07) is 8.48. The number of hydrogen-bond acceptors (Lipinski definition) is 2. The zero-order chi connectivity index (χ0) is 15.0. The van der Waals surface area contributed by atoms with Crippen molar-refractivity contribution in [3.8, 4) is 0 Å². The first-order chi connectivity index (χ1) is 10.0. The average molecular weight is 349 g/mol. The average Bonchev–Trinajstić information content (AvgIpc) is 2.78. The molecule has 21 heavy (non-hydrogen) atoms. The van der Waals surface area contributed by atoms with Gasteiger partial charge in [0.1, 0.15) is 5.60 Å². The van der Waals surface area contributed by atoms with Crippen LogP contribution in [0.2, 0.25) is 0 Å².